The fourth-order valence-electron chi connectivity index (χ4n) is 4.55. The first-order chi connectivity index (χ1) is 13.2. The second kappa shape index (κ2) is 7.69. The number of carbonyl (C=O) groups excluding carboxylic acids is 1. The highest BCUT2D eigenvalue weighted by molar-refractivity contribution is 5.94. The molecule has 1 saturated carbocycles. The van der Waals surface area contributed by atoms with Gasteiger partial charge in [-0.2, -0.15) is 0 Å². The maximum atomic E-state index is 13.0. The molecule has 1 aliphatic carbocycles. The molecule has 0 unspecified atom stereocenters. The van der Waals surface area contributed by atoms with Gasteiger partial charge in [-0.3, -0.25) is 9.78 Å². The third-order valence-electron chi connectivity index (χ3n) is 6.13. The highest BCUT2D eigenvalue weighted by Gasteiger charge is 2.45. The number of aliphatic hydroxyl groups is 1. The van der Waals surface area contributed by atoms with E-state index in [2.05, 4.69) is 10.3 Å². The molecule has 1 aromatic carbocycles. The fourth-order valence-corrected chi connectivity index (χ4v) is 4.55. The lowest BCUT2D eigenvalue weighted by Gasteiger charge is -2.42. The number of likely N-dealkylation sites (tertiary alicyclic amines) is 1. The fraction of sp³-hybridized carbons (Fsp3) is 0.455. The molecule has 2 N–H and O–H groups in total. The van der Waals surface area contributed by atoms with Gasteiger partial charge in [0, 0.05) is 48.7 Å². The number of pyridine rings is 1. The van der Waals surface area contributed by atoms with E-state index < -0.39 is 0 Å². The van der Waals surface area contributed by atoms with E-state index >= 15 is 0 Å². The van der Waals surface area contributed by atoms with Crippen LogP contribution in [0.15, 0.2) is 48.8 Å². The van der Waals surface area contributed by atoms with Crippen LogP contribution in [0.1, 0.15) is 48.0 Å². The summed E-state index contributed by atoms with van der Waals surface area (Å²) in [5.74, 6) is 0.0776. The van der Waals surface area contributed by atoms with Gasteiger partial charge in [0.05, 0.1) is 6.10 Å². The molecular formula is C22H27N3O2. The number of amides is 1. The number of hydrogen-bond acceptors (Lipinski definition) is 4. The van der Waals surface area contributed by atoms with Crippen LogP contribution in [-0.4, -0.2) is 40.1 Å². The molecule has 5 nitrogen and oxygen atoms in total. The highest BCUT2D eigenvalue weighted by Crippen LogP contribution is 2.45. The van der Waals surface area contributed by atoms with Crippen LogP contribution < -0.4 is 5.32 Å². The summed E-state index contributed by atoms with van der Waals surface area (Å²) in [4.78, 5) is 18.9. The molecule has 4 rings (SSSR count). The lowest BCUT2D eigenvalue weighted by Crippen LogP contribution is -2.49. The minimum absolute atomic E-state index is 0.0695. The molecular weight excluding hydrogens is 338 g/mol. The van der Waals surface area contributed by atoms with Gasteiger partial charge in [-0.1, -0.05) is 6.42 Å². The Labute approximate surface area is 160 Å². The molecule has 5 heteroatoms. The quantitative estimate of drug-likeness (QED) is 0.871. The summed E-state index contributed by atoms with van der Waals surface area (Å²) in [7, 11) is 0. The summed E-state index contributed by atoms with van der Waals surface area (Å²) in [5, 5.41) is 13.8. The summed E-state index contributed by atoms with van der Waals surface area (Å²) >= 11 is 0. The number of piperidine rings is 1. The van der Waals surface area contributed by atoms with E-state index in [1.165, 1.54) is 5.56 Å². The van der Waals surface area contributed by atoms with Crippen molar-refractivity contribution in [3.05, 3.63) is 59.9 Å². The topological polar surface area (TPSA) is 65.5 Å². The van der Waals surface area contributed by atoms with Crippen molar-refractivity contribution < 1.29 is 9.90 Å². The van der Waals surface area contributed by atoms with Gasteiger partial charge in [-0.25, -0.2) is 0 Å². The van der Waals surface area contributed by atoms with Crippen LogP contribution in [0.5, 0.6) is 0 Å². The number of anilines is 1. The second-order valence-corrected chi connectivity index (χ2v) is 7.89. The van der Waals surface area contributed by atoms with Crippen molar-refractivity contribution in [2.24, 2.45) is 5.41 Å². The van der Waals surface area contributed by atoms with Gasteiger partial charge >= 0.3 is 0 Å². The van der Waals surface area contributed by atoms with Gasteiger partial charge < -0.3 is 15.3 Å². The third kappa shape index (κ3) is 3.83. The predicted octanol–water partition coefficient (Wildman–Crippen LogP) is 3.46. The molecule has 1 aliphatic heterocycles. The Balaban J connectivity index is 1.39. The van der Waals surface area contributed by atoms with E-state index in [0.717, 1.165) is 50.9 Å². The van der Waals surface area contributed by atoms with Crippen molar-refractivity contribution in [2.45, 2.75) is 44.8 Å². The molecule has 2 fully saturated rings. The average molecular weight is 365 g/mol. The average Bonchev–Trinajstić information content (AvgIpc) is 3.06. The summed E-state index contributed by atoms with van der Waals surface area (Å²) in [6, 6.07) is 11.7. The van der Waals surface area contributed by atoms with E-state index in [0.29, 0.717) is 12.1 Å². The standard InChI is InChI=1S/C22H27N3O2/c26-20-3-1-10-22(20)11-2-14-25(16-22)21(27)18-4-6-19(7-5-18)24-15-17-8-12-23-13-9-17/h4-9,12-13,20,24,26H,1-3,10-11,14-16H2/t20-,22-/m1/s1. The number of benzene rings is 1. The molecule has 2 aromatic rings. The Hall–Kier alpha value is -2.40. The number of aliphatic hydroxyl groups excluding tert-OH is 1. The first kappa shape index (κ1) is 18.0. The first-order valence-corrected chi connectivity index (χ1v) is 9.86. The summed E-state index contributed by atoms with van der Waals surface area (Å²) in [6.07, 6.45) is 8.31. The van der Waals surface area contributed by atoms with E-state index in [9.17, 15) is 9.90 Å². The first-order valence-electron chi connectivity index (χ1n) is 9.86. The minimum Gasteiger partial charge on any atom is -0.392 e. The normalized spacial score (nSPS) is 24.9. The molecule has 2 atom stereocenters. The van der Waals surface area contributed by atoms with Crippen LogP contribution in [0.25, 0.3) is 0 Å². The molecule has 2 heterocycles. The number of hydrogen-bond donors (Lipinski definition) is 2. The van der Waals surface area contributed by atoms with E-state index in [4.69, 9.17) is 0 Å². The van der Waals surface area contributed by atoms with Gasteiger partial charge in [0.25, 0.3) is 5.91 Å². The van der Waals surface area contributed by atoms with Gasteiger partial charge in [-0.05, 0) is 67.6 Å². The third-order valence-corrected chi connectivity index (χ3v) is 6.13. The Kier molecular flexibility index (Phi) is 5.12. The molecule has 2 aliphatic rings. The van der Waals surface area contributed by atoms with E-state index in [1.54, 1.807) is 12.4 Å². The van der Waals surface area contributed by atoms with Crippen molar-refractivity contribution in [1.82, 2.24) is 9.88 Å². The molecule has 0 radical (unpaired) electrons. The number of nitrogens with one attached hydrogen (secondary N) is 1. The predicted molar refractivity (Wildman–Crippen MR) is 105 cm³/mol. The number of carbonyl (C=O) groups is 1. The maximum absolute atomic E-state index is 13.0. The smallest absolute Gasteiger partial charge is 0.253 e. The lowest BCUT2D eigenvalue weighted by atomic mass is 9.76. The Morgan fingerprint density at radius 2 is 1.89 bits per heavy atom. The Morgan fingerprint density at radius 1 is 1.15 bits per heavy atom. The zero-order chi connectivity index (χ0) is 18.7. The Morgan fingerprint density at radius 3 is 2.59 bits per heavy atom. The van der Waals surface area contributed by atoms with Crippen molar-refractivity contribution in [1.29, 1.82) is 0 Å². The molecule has 1 spiro atoms. The zero-order valence-corrected chi connectivity index (χ0v) is 15.6. The van der Waals surface area contributed by atoms with Crippen LogP contribution in [0, 0.1) is 5.41 Å². The summed E-state index contributed by atoms with van der Waals surface area (Å²) in [5.41, 5.74) is 2.80. The van der Waals surface area contributed by atoms with Crippen LogP contribution >= 0.6 is 0 Å². The molecule has 1 saturated heterocycles. The Bertz CT molecular complexity index is 778. The molecule has 0 bridgehead atoms. The molecule has 1 amide bonds. The van der Waals surface area contributed by atoms with Gasteiger partial charge in [-0.15, -0.1) is 0 Å². The van der Waals surface area contributed by atoms with Crippen LogP contribution in [0.4, 0.5) is 5.69 Å². The second-order valence-electron chi connectivity index (χ2n) is 7.89. The number of rotatable bonds is 4. The maximum Gasteiger partial charge on any atom is 0.253 e. The van der Waals surface area contributed by atoms with Gasteiger partial charge in [0.2, 0.25) is 0 Å². The van der Waals surface area contributed by atoms with Crippen molar-refractivity contribution in [2.75, 3.05) is 18.4 Å². The zero-order valence-electron chi connectivity index (χ0n) is 15.6. The SMILES string of the molecule is O=C(c1ccc(NCc2ccncc2)cc1)N1CCC[C@]2(CCC[C@H]2O)C1. The van der Waals surface area contributed by atoms with E-state index in [1.807, 2.05) is 41.3 Å². The van der Waals surface area contributed by atoms with Gasteiger partial charge in [0.1, 0.15) is 0 Å². The van der Waals surface area contributed by atoms with Crippen molar-refractivity contribution in [3.63, 3.8) is 0 Å². The van der Waals surface area contributed by atoms with E-state index in [-0.39, 0.29) is 17.4 Å². The van der Waals surface area contributed by atoms with Crippen LogP contribution in [-0.2, 0) is 6.54 Å². The van der Waals surface area contributed by atoms with Crippen LogP contribution in [0.2, 0.25) is 0 Å². The summed E-state index contributed by atoms with van der Waals surface area (Å²) < 4.78 is 0. The summed E-state index contributed by atoms with van der Waals surface area (Å²) in [6.45, 7) is 2.20. The monoisotopic (exact) mass is 365 g/mol. The molecule has 142 valence electrons. The molecule has 1 aromatic heterocycles. The number of aromatic nitrogens is 1. The van der Waals surface area contributed by atoms with Crippen LogP contribution in [0.3, 0.4) is 0 Å². The van der Waals surface area contributed by atoms with Crippen molar-refractivity contribution in [3.8, 4) is 0 Å². The number of nitrogens with zero attached hydrogens (tertiary/aromatic N) is 2. The minimum atomic E-state index is -0.257. The molecule has 27 heavy (non-hydrogen) atoms. The lowest BCUT2D eigenvalue weighted by molar-refractivity contribution is -0.00535. The van der Waals surface area contributed by atoms with Gasteiger partial charge in [0.15, 0.2) is 0 Å². The highest BCUT2D eigenvalue weighted by atomic mass is 16.3. The van der Waals surface area contributed by atoms with Crippen molar-refractivity contribution >= 4 is 11.6 Å². The largest absolute Gasteiger partial charge is 0.392 e.